The predicted octanol–water partition coefficient (Wildman–Crippen LogP) is 3.21. The Labute approximate surface area is 103 Å². The molecule has 1 rings (SSSR count). The average Bonchev–Trinajstić information content (AvgIpc) is 2.33. The third kappa shape index (κ3) is 4.44. The van der Waals surface area contributed by atoms with Gasteiger partial charge in [0.1, 0.15) is 5.82 Å². The number of rotatable bonds is 7. The summed E-state index contributed by atoms with van der Waals surface area (Å²) < 4.78 is 18.5. The molecular formula is C14H22FNO. The second-order valence-electron chi connectivity index (χ2n) is 4.34. The average molecular weight is 239 g/mol. The molecule has 1 N–H and O–H groups in total. The zero-order valence-electron chi connectivity index (χ0n) is 10.9. The molecule has 3 heteroatoms. The minimum atomic E-state index is -0.125. The number of halogens is 1. The van der Waals surface area contributed by atoms with Crippen LogP contribution in [0.25, 0.3) is 0 Å². The van der Waals surface area contributed by atoms with Crippen LogP contribution in [0.3, 0.4) is 0 Å². The summed E-state index contributed by atoms with van der Waals surface area (Å²) in [5.41, 5.74) is 1.72. The molecule has 17 heavy (non-hydrogen) atoms. The highest BCUT2D eigenvalue weighted by Gasteiger charge is 2.10. The van der Waals surface area contributed by atoms with Crippen molar-refractivity contribution in [2.75, 3.05) is 20.8 Å². The van der Waals surface area contributed by atoms with E-state index in [-0.39, 0.29) is 11.9 Å². The molecule has 96 valence electrons. The molecular weight excluding hydrogens is 217 g/mol. The molecule has 0 aliphatic heterocycles. The van der Waals surface area contributed by atoms with Crippen LogP contribution in [0.4, 0.5) is 4.39 Å². The zero-order chi connectivity index (χ0) is 12.7. The largest absolute Gasteiger partial charge is 0.385 e. The van der Waals surface area contributed by atoms with Crippen molar-refractivity contribution < 1.29 is 9.13 Å². The van der Waals surface area contributed by atoms with Crippen molar-refractivity contribution >= 4 is 0 Å². The highest BCUT2D eigenvalue weighted by Crippen LogP contribution is 2.21. The van der Waals surface area contributed by atoms with Crippen LogP contribution in [0.15, 0.2) is 18.2 Å². The van der Waals surface area contributed by atoms with Crippen LogP contribution in [-0.2, 0) is 4.74 Å². The summed E-state index contributed by atoms with van der Waals surface area (Å²) in [7, 11) is 3.63. The van der Waals surface area contributed by atoms with Gasteiger partial charge in [-0.3, -0.25) is 0 Å². The Kier molecular flexibility index (Phi) is 6.16. The predicted molar refractivity (Wildman–Crippen MR) is 68.7 cm³/mol. The van der Waals surface area contributed by atoms with Crippen molar-refractivity contribution in [1.82, 2.24) is 5.32 Å². The first kappa shape index (κ1) is 14.1. The van der Waals surface area contributed by atoms with E-state index in [0.717, 1.165) is 31.4 Å². The molecule has 0 aliphatic rings. The van der Waals surface area contributed by atoms with E-state index in [1.807, 2.05) is 19.2 Å². The fourth-order valence-corrected chi connectivity index (χ4v) is 1.90. The number of ether oxygens (including phenoxy) is 1. The van der Waals surface area contributed by atoms with Crippen LogP contribution in [0.5, 0.6) is 0 Å². The Hall–Kier alpha value is -0.930. The van der Waals surface area contributed by atoms with Gasteiger partial charge >= 0.3 is 0 Å². The Morgan fingerprint density at radius 3 is 2.71 bits per heavy atom. The van der Waals surface area contributed by atoms with Crippen LogP contribution < -0.4 is 5.32 Å². The Morgan fingerprint density at radius 1 is 1.35 bits per heavy atom. The van der Waals surface area contributed by atoms with Gasteiger partial charge in [0.15, 0.2) is 0 Å². The van der Waals surface area contributed by atoms with E-state index in [1.165, 1.54) is 0 Å². The fourth-order valence-electron chi connectivity index (χ4n) is 1.90. The smallest absolute Gasteiger partial charge is 0.126 e. The standard InChI is InChI=1S/C14H22FNO/c1-11-7-8-12(10-13(11)15)14(16-2)6-4-5-9-17-3/h7-8,10,14,16H,4-6,9H2,1-3H3. The minimum Gasteiger partial charge on any atom is -0.385 e. The van der Waals surface area contributed by atoms with Gasteiger partial charge in [0.25, 0.3) is 0 Å². The van der Waals surface area contributed by atoms with Gasteiger partial charge in [-0.05, 0) is 50.4 Å². The van der Waals surface area contributed by atoms with Crippen molar-refractivity contribution in [3.63, 3.8) is 0 Å². The quantitative estimate of drug-likeness (QED) is 0.738. The molecule has 0 aliphatic carbocycles. The first-order valence-electron chi connectivity index (χ1n) is 6.11. The number of nitrogens with one attached hydrogen (secondary N) is 1. The lowest BCUT2D eigenvalue weighted by Crippen LogP contribution is -2.16. The molecule has 1 aromatic rings. The topological polar surface area (TPSA) is 21.3 Å². The Balaban J connectivity index is 2.56. The maximum absolute atomic E-state index is 13.5. The SMILES string of the molecule is CNC(CCCCOC)c1ccc(C)c(F)c1. The van der Waals surface area contributed by atoms with Crippen molar-refractivity contribution in [1.29, 1.82) is 0 Å². The number of aryl methyl sites for hydroxylation is 1. The van der Waals surface area contributed by atoms with Gasteiger partial charge in [0.2, 0.25) is 0 Å². The lowest BCUT2D eigenvalue weighted by molar-refractivity contribution is 0.191. The number of benzene rings is 1. The molecule has 0 saturated heterocycles. The molecule has 1 atom stereocenters. The summed E-state index contributed by atoms with van der Waals surface area (Å²) in [6, 6.07) is 5.69. The second-order valence-corrected chi connectivity index (χ2v) is 4.34. The lowest BCUT2D eigenvalue weighted by Gasteiger charge is -2.17. The van der Waals surface area contributed by atoms with E-state index in [0.29, 0.717) is 5.56 Å². The molecule has 0 amide bonds. The fraction of sp³-hybridized carbons (Fsp3) is 0.571. The van der Waals surface area contributed by atoms with Gasteiger partial charge in [0, 0.05) is 19.8 Å². The second kappa shape index (κ2) is 7.41. The highest BCUT2D eigenvalue weighted by molar-refractivity contribution is 5.25. The van der Waals surface area contributed by atoms with Crippen molar-refractivity contribution in [2.45, 2.75) is 32.2 Å². The first-order chi connectivity index (χ1) is 8.19. The monoisotopic (exact) mass is 239 g/mol. The summed E-state index contributed by atoms with van der Waals surface area (Å²) in [6.45, 7) is 2.57. The summed E-state index contributed by atoms with van der Waals surface area (Å²) in [6.07, 6.45) is 3.13. The maximum atomic E-state index is 13.5. The summed E-state index contributed by atoms with van der Waals surface area (Å²) >= 11 is 0. The highest BCUT2D eigenvalue weighted by atomic mass is 19.1. The van der Waals surface area contributed by atoms with Gasteiger partial charge < -0.3 is 10.1 Å². The van der Waals surface area contributed by atoms with Gasteiger partial charge in [-0.1, -0.05) is 12.1 Å². The van der Waals surface area contributed by atoms with Gasteiger partial charge in [-0.15, -0.1) is 0 Å². The van der Waals surface area contributed by atoms with Crippen LogP contribution in [0, 0.1) is 12.7 Å². The number of methoxy groups -OCH3 is 1. The normalized spacial score (nSPS) is 12.7. The van der Waals surface area contributed by atoms with E-state index >= 15 is 0 Å². The van der Waals surface area contributed by atoms with E-state index < -0.39 is 0 Å². The van der Waals surface area contributed by atoms with E-state index in [9.17, 15) is 4.39 Å². The zero-order valence-corrected chi connectivity index (χ0v) is 10.9. The van der Waals surface area contributed by atoms with E-state index in [1.54, 1.807) is 20.1 Å². The van der Waals surface area contributed by atoms with Crippen LogP contribution in [-0.4, -0.2) is 20.8 Å². The number of hydrogen-bond acceptors (Lipinski definition) is 2. The van der Waals surface area contributed by atoms with Crippen LogP contribution >= 0.6 is 0 Å². The van der Waals surface area contributed by atoms with Gasteiger partial charge in [-0.25, -0.2) is 4.39 Å². The van der Waals surface area contributed by atoms with E-state index in [2.05, 4.69) is 5.32 Å². The third-order valence-electron chi connectivity index (χ3n) is 3.04. The van der Waals surface area contributed by atoms with E-state index in [4.69, 9.17) is 4.74 Å². The van der Waals surface area contributed by atoms with Crippen molar-refractivity contribution in [2.24, 2.45) is 0 Å². The molecule has 2 nitrogen and oxygen atoms in total. The molecule has 0 heterocycles. The molecule has 0 fully saturated rings. The molecule has 0 spiro atoms. The summed E-state index contributed by atoms with van der Waals surface area (Å²) in [5, 5.41) is 3.23. The van der Waals surface area contributed by atoms with Crippen LogP contribution in [0.1, 0.15) is 36.4 Å². The van der Waals surface area contributed by atoms with Crippen molar-refractivity contribution in [3.05, 3.63) is 35.1 Å². The number of hydrogen-bond donors (Lipinski definition) is 1. The minimum absolute atomic E-state index is 0.125. The van der Waals surface area contributed by atoms with Crippen LogP contribution in [0.2, 0.25) is 0 Å². The molecule has 0 bridgehead atoms. The lowest BCUT2D eigenvalue weighted by atomic mass is 10.00. The van der Waals surface area contributed by atoms with Gasteiger partial charge in [-0.2, -0.15) is 0 Å². The molecule has 1 aromatic carbocycles. The Morgan fingerprint density at radius 2 is 2.12 bits per heavy atom. The molecule has 0 saturated carbocycles. The third-order valence-corrected chi connectivity index (χ3v) is 3.04. The first-order valence-corrected chi connectivity index (χ1v) is 6.11. The molecule has 0 radical (unpaired) electrons. The van der Waals surface area contributed by atoms with Gasteiger partial charge in [0.05, 0.1) is 0 Å². The molecule has 0 aromatic heterocycles. The summed E-state index contributed by atoms with van der Waals surface area (Å²) in [5.74, 6) is -0.125. The molecule has 1 unspecified atom stereocenters. The van der Waals surface area contributed by atoms with Crippen molar-refractivity contribution in [3.8, 4) is 0 Å². The maximum Gasteiger partial charge on any atom is 0.126 e. The Bertz CT molecular complexity index is 341. The summed E-state index contributed by atoms with van der Waals surface area (Å²) in [4.78, 5) is 0. The number of unbranched alkanes of at least 4 members (excludes halogenated alkanes) is 1.